The SMILES string of the molecule is CCOc1cc(C(Nc2ccc(C(=N)N)cc2)C(=O)NN2C(=O)c3ccncc3C2=O)ccc1OC(C)C. The van der Waals surface area contributed by atoms with Crippen molar-refractivity contribution in [2.24, 2.45) is 5.73 Å². The molecular formula is C27H28N6O5. The number of amides is 3. The summed E-state index contributed by atoms with van der Waals surface area (Å²) in [6, 6.07) is 12.1. The number of hydrogen-bond donors (Lipinski definition) is 4. The molecule has 3 amide bonds. The van der Waals surface area contributed by atoms with Gasteiger partial charge >= 0.3 is 0 Å². The summed E-state index contributed by atoms with van der Waals surface area (Å²) in [5.41, 5.74) is 9.82. The number of anilines is 1. The predicted molar refractivity (Wildman–Crippen MR) is 140 cm³/mol. The van der Waals surface area contributed by atoms with Gasteiger partial charge < -0.3 is 20.5 Å². The van der Waals surface area contributed by atoms with Crippen LogP contribution in [0, 0.1) is 5.41 Å². The molecule has 11 nitrogen and oxygen atoms in total. The molecule has 196 valence electrons. The number of pyridine rings is 1. The molecule has 3 aromatic rings. The monoisotopic (exact) mass is 516 g/mol. The highest BCUT2D eigenvalue weighted by atomic mass is 16.5. The van der Waals surface area contributed by atoms with Gasteiger partial charge in [-0.3, -0.25) is 30.2 Å². The van der Waals surface area contributed by atoms with Crippen molar-refractivity contribution in [1.29, 1.82) is 5.41 Å². The summed E-state index contributed by atoms with van der Waals surface area (Å²) in [5.74, 6) is -1.12. The molecule has 1 aromatic heterocycles. The lowest BCUT2D eigenvalue weighted by Gasteiger charge is -2.24. The van der Waals surface area contributed by atoms with Gasteiger partial charge in [0.25, 0.3) is 17.7 Å². The van der Waals surface area contributed by atoms with Gasteiger partial charge in [0.05, 0.1) is 23.8 Å². The predicted octanol–water partition coefficient (Wildman–Crippen LogP) is 3.03. The third-order valence-electron chi connectivity index (χ3n) is 5.64. The van der Waals surface area contributed by atoms with Crippen molar-refractivity contribution in [1.82, 2.24) is 15.4 Å². The number of nitrogens with one attached hydrogen (secondary N) is 3. The number of carbonyl (C=O) groups excluding carboxylic acids is 3. The Balaban J connectivity index is 1.67. The second-order valence-electron chi connectivity index (χ2n) is 8.72. The minimum Gasteiger partial charge on any atom is -0.490 e. The lowest BCUT2D eigenvalue weighted by atomic mass is 10.0. The number of hydrazine groups is 1. The third kappa shape index (κ3) is 5.41. The van der Waals surface area contributed by atoms with Crippen LogP contribution in [0.1, 0.15) is 58.7 Å². The number of ether oxygens (including phenoxy) is 2. The van der Waals surface area contributed by atoms with Crippen LogP contribution in [0.5, 0.6) is 11.5 Å². The molecule has 0 saturated carbocycles. The summed E-state index contributed by atoms with van der Waals surface area (Å²) in [7, 11) is 0. The van der Waals surface area contributed by atoms with Crippen molar-refractivity contribution in [2.75, 3.05) is 11.9 Å². The van der Waals surface area contributed by atoms with Crippen molar-refractivity contribution in [3.05, 3.63) is 83.2 Å². The van der Waals surface area contributed by atoms with Crippen LogP contribution in [0.15, 0.2) is 60.9 Å². The molecule has 0 saturated heterocycles. The molecule has 2 heterocycles. The number of hydrogen-bond acceptors (Lipinski definition) is 8. The molecule has 0 fully saturated rings. The molecule has 4 rings (SSSR count). The molecule has 0 bridgehead atoms. The summed E-state index contributed by atoms with van der Waals surface area (Å²) in [6.45, 7) is 5.99. The zero-order chi connectivity index (χ0) is 27.4. The first kappa shape index (κ1) is 26.1. The number of fused-ring (bicyclic) bond motifs is 1. The van der Waals surface area contributed by atoms with Crippen LogP contribution in [0.4, 0.5) is 5.69 Å². The quantitative estimate of drug-likeness (QED) is 0.182. The maximum absolute atomic E-state index is 13.6. The normalized spacial score (nSPS) is 13.2. The fraction of sp³-hybridized carbons (Fsp3) is 0.222. The molecule has 1 aliphatic rings. The number of nitrogens with zero attached hydrogens (tertiary/aromatic N) is 2. The first-order valence-electron chi connectivity index (χ1n) is 12.0. The lowest BCUT2D eigenvalue weighted by molar-refractivity contribution is -0.125. The fourth-order valence-corrected chi connectivity index (χ4v) is 3.90. The Kier molecular flexibility index (Phi) is 7.56. The number of benzene rings is 2. The van der Waals surface area contributed by atoms with Gasteiger partial charge in [0.2, 0.25) is 0 Å². The summed E-state index contributed by atoms with van der Waals surface area (Å²) in [5, 5.41) is 11.4. The highest BCUT2D eigenvalue weighted by Crippen LogP contribution is 2.33. The van der Waals surface area contributed by atoms with Crippen molar-refractivity contribution in [3.63, 3.8) is 0 Å². The third-order valence-corrected chi connectivity index (χ3v) is 5.64. The average Bonchev–Trinajstić information content (AvgIpc) is 3.13. The molecule has 0 radical (unpaired) electrons. The maximum atomic E-state index is 13.6. The van der Waals surface area contributed by atoms with E-state index in [1.807, 2.05) is 20.8 Å². The Hall–Kier alpha value is -4.93. The van der Waals surface area contributed by atoms with E-state index in [0.29, 0.717) is 39.9 Å². The van der Waals surface area contributed by atoms with Crippen LogP contribution in [-0.4, -0.2) is 46.3 Å². The molecule has 0 spiro atoms. The summed E-state index contributed by atoms with van der Waals surface area (Å²) < 4.78 is 11.6. The molecular weight excluding hydrogens is 488 g/mol. The van der Waals surface area contributed by atoms with Crippen LogP contribution in [0.3, 0.4) is 0 Å². The number of rotatable bonds is 10. The van der Waals surface area contributed by atoms with E-state index in [2.05, 4.69) is 15.7 Å². The van der Waals surface area contributed by atoms with Gasteiger partial charge in [0.1, 0.15) is 11.9 Å². The lowest BCUT2D eigenvalue weighted by Crippen LogP contribution is -2.48. The highest BCUT2D eigenvalue weighted by molar-refractivity contribution is 6.21. The van der Waals surface area contributed by atoms with Crippen LogP contribution in [0.25, 0.3) is 0 Å². The van der Waals surface area contributed by atoms with Crippen molar-refractivity contribution in [3.8, 4) is 11.5 Å². The average molecular weight is 517 g/mol. The minimum absolute atomic E-state index is 0.0898. The Labute approximate surface area is 219 Å². The summed E-state index contributed by atoms with van der Waals surface area (Å²) in [6.07, 6.45) is 2.59. The fourth-order valence-electron chi connectivity index (χ4n) is 3.90. The van der Waals surface area contributed by atoms with Gasteiger partial charge in [0.15, 0.2) is 11.5 Å². The molecule has 1 atom stereocenters. The summed E-state index contributed by atoms with van der Waals surface area (Å²) >= 11 is 0. The molecule has 2 aromatic carbocycles. The van der Waals surface area contributed by atoms with Gasteiger partial charge in [-0.25, -0.2) is 0 Å². The second kappa shape index (κ2) is 11.0. The van der Waals surface area contributed by atoms with Gasteiger partial charge in [-0.05, 0) is 68.8 Å². The largest absolute Gasteiger partial charge is 0.490 e. The Morgan fingerprint density at radius 1 is 1.05 bits per heavy atom. The van der Waals surface area contributed by atoms with Crippen LogP contribution in [0.2, 0.25) is 0 Å². The van der Waals surface area contributed by atoms with Gasteiger partial charge in [-0.15, -0.1) is 0 Å². The summed E-state index contributed by atoms with van der Waals surface area (Å²) in [4.78, 5) is 43.1. The molecule has 1 aliphatic heterocycles. The number of nitrogens with two attached hydrogens (primary N) is 1. The number of nitrogen functional groups attached to an aromatic ring is 1. The molecule has 11 heteroatoms. The molecule has 38 heavy (non-hydrogen) atoms. The number of amidine groups is 1. The van der Waals surface area contributed by atoms with Gasteiger partial charge in [-0.1, -0.05) is 6.07 Å². The number of carbonyl (C=O) groups is 3. The van der Waals surface area contributed by atoms with E-state index in [4.69, 9.17) is 20.6 Å². The van der Waals surface area contributed by atoms with Crippen LogP contribution >= 0.6 is 0 Å². The highest BCUT2D eigenvalue weighted by Gasteiger charge is 2.38. The Morgan fingerprint density at radius 2 is 1.76 bits per heavy atom. The Morgan fingerprint density at radius 3 is 2.39 bits per heavy atom. The van der Waals surface area contributed by atoms with E-state index in [-0.39, 0.29) is 23.1 Å². The molecule has 5 N–H and O–H groups in total. The van der Waals surface area contributed by atoms with Crippen LogP contribution < -0.4 is 25.9 Å². The first-order valence-corrected chi connectivity index (χ1v) is 12.0. The van der Waals surface area contributed by atoms with Gasteiger partial charge in [0, 0.05) is 23.6 Å². The molecule has 0 aliphatic carbocycles. The van der Waals surface area contributed by atoms with E-state index in [1.54, 1.807) is 42.5 Å². The zero-order valence-corrected chi connectivity index (χ0v) is 21.1. The van der Waals surface area contributed by atoms with Crippen molar-refractivity contribution in [2.45, 2.75) is 32.9 Å². The van der Waals surface area contributed by atoms with E-state index in [1.165, 1.54) is 18.5 Å². The van der Waals surface area contributed by atoms with Gasteiger partial charge in [-0.2, -0.15) is 5.01 Å². The second-order valence-corrected chi connectivity index (χ2v) is 8.72. The van der Waals surface area contributed by atoms with E-state index >= 15 is 0 Å². The van der Waals surface area contributed by atoms with E-state index in [0.717, 1.165) is 0 Å². The number of aromatic nitrogens is 1. The van der Waals surface area contributed by atoms with Crippen molar-refractivity contribution < 1.29 is 23.9 Å². The van der Waals surface area contributed by atoms with E-state index in [9.17, 15) is 14.4 Å². The topological polar surface area (TPSA) is 160 Å². The van der Waals surface area contributed by atoms with Crippen LogP contribution in [-0.2, 0) is 4.79 Å². The standard InChI is InChI=1S/C27H28N6O5/c1-4-37-22-13-17(7-10-21(22)38-15(2)3)23(31-18-8-5-16(6-9-18)24(28)29)25(34)32-33-26(35)19-11-12-30-14-20(19)27(33)36/h5-15,23,31H,4H2,1-3H3,(H3,28,29)(H,32,34). The zero-order valence-electron chi connectivity index (χ0n) is 21.1. The minimum atomic E-state index is -1.05. The first-order chi connectivity index (χ1) is 18.2. The van der Waals surface area contributed by atoms with E-state index < -0.39 is 23.8 Å². The Bertz CT molecular complexity index is 1350. The molecule has 1 unspecified atom stereocenters. The van der Waals surface area contributed by atoms with Crippen molar-refractivity contribution >= 4 is 29.2 Å². The number of imide groups is 1. The maximum Gasteiger partial charge on any atom is 0.282 e. The smallest absolute Gasteiger partial charge is 0.282 e.